The van der Waals surface area contributed by atoms with Gasteiger partial charge in [-0.3, -0.25) is 0 Å². The molecule has 0 heterocycles. The largest absolute Gasteiger partial charge is 0.495 e. The lowest BCUT2D eigenvalue weighted by Crippen LogP contribution is -2.37. The molecule has 2 rings (SSSR count). The van der Waals surface area contributed by atoms with E-state index in [4.69, 9.17) is 15.2 Å². The summed E-state index contributed by atoms with van der Waals surface area (Å²) in [4.78, 5) is 0.0292. The summed E-state index contributed by atoms with van der Waals surface area (Å²) in [7, 11) is -0.944. The van der Waals surface area contributed by atoms with Crippen LogP contribution < -0.4 is 15.2 Å². The van der Waals surface area contributed by atoms with Crippen molar-refractivity contribution >= 4 is 22.4 Å². The fourth-order valence-corrected chi connectivity index (χ4v) is 4.34. The molecule has 2 N–H and O–H groups in total. The standard InChI is InChI=1S/C18H24N2O4S.ClH/c1-23-16-9-6-10-17(24-2)18(16)25(21,22)20(14-12-19)13-11-15-7-4-3-5-8-15;/h3-10H,11-14,19H2,1-2H3;1H. The van der Waals surface area contributed by atoms with Crippen LogP contribution in [0.4, 0.5) is 0 Å². The maximum atomic E-state index is 13.2. The van der Waals surface area contributed by atoms with Crippen LogP contribution in [0.2, 0.25) is 0 Å². The van der Waals surface area contributed by atoms with E-state index in [0.717, 1.165) is 5.56 Å². The van der Waals surface area contributed by atoms with E-state index in [1.165, 1.54) is 18.5 Å². The van der Waals surface area contributed by atoms with Gasteiger partial charge in [0.15, 0.2) is 4.90 Å². The molecule has 0 aromatic heterocycles. The topological polar surface area (TPSA) is 81.9 Å². The molecule has 0 spiro atoms. The van der Waals surface area contributed by atoms with Crippen LogP contribution in [0.5, 0.6) is 11.5 Å². The summed E-state index contributed by atoms with van der Waals surface area (Å²) >= 11 is 0. The van der Waals surface area contributed by atoms with Crippen LogP contribution in [-0.2, 0) is 16.4 Å². The van der Waals surface area contributed by atoms with E-state index in [1.54, 1.807) is 18.2 Å². The fraction of sp³-hybridized carbons (Fsp3) is 0.333. The molecular weight excluding hydrogens is 376 g/mol. The molecule has 0 aliphatic carbocycles. The highest BCUT2D eigenvalue weighted by molar-refractivity contribution is 7.89. The lowest BCUT2D eigenvalue weighted by Gasteiger charge is -2.24. The van der Waals surface area contributed by atoms with E-state index in [1.807, 2.05) is 30.3 Å². The van der Waals surface area contributed by atoms with Crippen molar-refractivity contribution in [2.45, 2.75) is 11.3 Å². The van der Waals surface area contributed by atoms with Gasteiger partial charge in [-0.1, -0.05) is 36.4 Å². The number of benzene rings is 2. The van der Waals surface area contributed by atoms with Crippen molar-refractivity contribution in [2.24, 2.45) is 5.73 Å². The second-order valence-corrected chi connectivity index (χ2v) is 7.29. The number of hydrogen-bond acceptors (Lipinski definition) is 5. The number of rotatable bonds is 9. The number of hydrogen-bond donors (Lipinski definition) is 1. The van der Waals surface area contributed by atoms with Gasteiger partial charge in [-0.2, -0.15) is 4.31 Å². The number of nitrogens with two attached hydrogens (primary N) is 1. The smallest absolute Gasteiger partial charge is 0.250 e. The number of methoxy groups -OCH3 is 2. The molecule has 0 unspecified atom stereocenters. The minimum Gasteiger partial charge on any atom is -0.495 e. The molecule has 0 fully saturated rings. The first-order chi connectivity index (χ1) is 12.0. The Morgan fingerprint density at radius 3 is 2.00 bits per heavy atom. The van der Waals surface area contributed by atoms with Crippen molar-refractivity contribution in [3.05, 3.63) is 54.1 Å². The summed E-state index contributed by atoms with van der Waals surface area (Å²) in [5, 5.41) is 0. The summed E-state index contributed by atoms with van der Waals surface area (Å²) in [6.07, 6.45) is 0.595. The molecule has 2 aromatic carbocycles. The van der Waals surface area contributed by atoms with Crippen LogP contribution in [0.25, 0.3) is 0 Å². The fourth-order valence-electron chi connectivity index (χ4n) is 2.60. The van der Waals surface area contributed by atoms with Gasteiger partial charge in [0.2, 0.25) is 0 Å². The maximum Gasteiger partial charge on any atom is 0.250 e. The molecule has 8 heteroatoms. The predicted octanol–water partition coefficient (Wildman–Crippen LogP) is 2.32. The first kappa shape index (κ1) is 22.2. The Labute approximate surface area is 161 Å². The van der Waals surface area contributed by atoms with Crippen molar-refractivity contribution in [2.75, 3.05) is 33.9 Å². The second-order valence-electron chi connectivity index (χ2n) is 5.42. The van der Waals surface area contributed by atoms with Gasteiger partial charge in [-0.05, 0) is 24.1 Å². The number of sulfonamides is 1. The Balaban J connectivity index is 0.00000338. The van der Waals surface area contributed by atoms with E-state index >= 15 is 0 Å². The van der Waals surface area contributed by atoms with Crippen molar-refractivity contribution in [1.82, 2.24) is 4.31 Å². The summed E-state index contributed by atoms with van der Waals surface area (Å²) in [5.41, 5.74) is 6.71. The Morgan fingerprint density at radius 2 is 1.50 bits per heavy atom. The summed E-state index contributed by atoms with van der Waals surface area (Å²) < 4.78 is 38.3. The van der Waals surface area contributed by atoms with Gasteiger partial charge in [0.05, 0.1) is 14.2 Å². The summed E-state index contributed by atoms with van der Waals surface area (Å²) in [6.45, 7) is 0.770. The van der Waals surface area contributed by atoms with Gasteiger partial charge in [0.25, 0.3) is 10.0 Å². The van der Waals surface area contributed by atoms with Crippen LogP contribution in [0.15, 0.2) is 53.4 Å². The monoisotopic (exact) mass is 400 g/mol. The first-order valence-corrected chi connectivity index (χ1v) is 9.43. The zero-order chi connectivity index (χ0) is 18.3. The van der Waals surface area contributed by atoms with Gasteiger partial charge in [0, 0.05) is 19.6 Å². The van der Waals surface area contributed by atoms with Crippen molar-refractivity contribution in [3.8, 4) is 11.5 Å². The molecule has 144 valence electrons. The van der Waals surface area contributed by atoms with Gasteiger partial charge in [0.1, 0.15) is 11.5 Å². The van der Waals surface area contributed by atoms with Crippen molar-refractivity contribution in [1.29, 1.82) is 0 Å². The van der Waals surface area contributed by atoms with Gasteiger partial charge in [-0.25, -0.2) is 8.42 Å². The Kier molecular flexibility index (Phi) is 8.87. The lowest BCUT2D eigenvalue weighted by atomic mass is 10.1. The molecule has 2 aromatic rings. The molecule has 0 radical (unpaired) electrons. The minimum atomic E-state index is -3.82. The molecule has 6 nitrogen and oxygen atoms in total. The first-order valence-electron chi connectivity index (χ1n) is 7.99. The molecule has 0 aliphatic rings. The van der Waals surface area contributed by atoms with Crippen molar-refractivity contribution in [3.63, 3.8) is 0 Å². The highest BCUT2D eigenvalue weighted by Crippen LogP contribution is 2.35. The summed E-state index contributed by atoms with van der Waals surface area (Å²) in [6, 6.07) is 14.6. The van der Waals surface area contributed by atoms with E-state index in [0.29, 0.717) is 13.0 Å². The Hall–Kier alpha value is -1.80. The van der Waals surface area contributed by atoms with Crippen LogP contribution >= 0.6 is 12.4 Å². The van der Waals surface area contributed by atoms with Gasteiger partial charge < -0.3 is 15.2 Å². The molecule has 0 saturated heterocycles. The van der Waals surface area contributed by atoms with Crippen LogP contribution in [0, 0.1) is 0 Å². The third-order valence-corrected chi connectivity index (χ3v) is 5.81. The van der Waals surface area contributed by atoms with Crippen LogP contribution in [0.1, 0.15) is 5.56 Å². The van der Waals surface area contributed by atoms with Gasteiger partial charge >= 0.3 is 0 Å². The molecule has 26 heavy (non-hydrogen) atoms. The van der Waals surface area contributed by atoms with E-state index in [-0.39, 0.29) is 41.9 Å². The third-order valence-electron chi connectivity index (χ3n) is 3.85. The molecule has 0 atom stereocenters. The van der Waals surface area contributed by atoms with E-state index in [9.17, 15) is 8.42 Å². The Bertz CT molecular complexity index is 763. The predicted molar refractivity (Wildman–Crippen MR) is 105 cm³/mol. The van der Waals surface area contributed by atoms with E-state index in [2.05, 4.69) is 0 Å². The third kappa shape index (κ3) is 5.11. The molecule has 0 amide bonds. The lowest BCUT2D eigenvalue weighted by molar-refractivity contribution is 0.364. The highest BCUT2D eigenvalue weighted by atomic mass is 35.5. The SMILES string of the molecule is COc1cccc(OC)c1S(=O)(=O)N(CCN)CCc1ccccc1.Cl. The van der Waals surface area contributed by atoms with Crippen molar-refractivity contribution < 1.29 is 17.9 Å². The quantitative estimate of drug-likeness (QED) is 0.698. The number of ether oxygens (including phenoxy) is 2. The highest BCUT2D eigenvalue weighted by Gasteiger charge is 2.30. The zero-order valence-electron chi connectivity index (χ0n) is 14.9. The number of nitrogens with zero attached hydrogens (tertiary/aromatic N) is 1. The van der Waals surface area contributed by atoms with E-state index < -0.39 is 10.0 Å². The number of halogens is 1. The average Bonchev–Trinajstić information content (AvgIpc) is 2.64. The minimum absolute atomic E-state index is 0. The molecule has 0 saturated carbocycles. The molecule has 0 bridgehead atoms. The normalized spacial score (nSPS) is 11.1. The Morgan fingerprint density at radius 1 is 0.923 bits per heavy atom. The second kappa shape index (κ2) is 10.4. The molecule has 0 aliphatic heterocycles. The average molecular weight is 401 g/mol. The molecular formula is C18H25ClN2O4S. The van der Waals surface area contributed by atoms with Crippen LogP contribution in [0.3, 0.4) is 0 Å². The van der Waals surface area contributed by atoms with Gasteiger partial charge in [-0.15, -0.1) is 12.4 Å². The zero-order valence-corrected chi connectivity index (χ0v) is 16.6. The maximum absolute atomic E-state index is 13.2. The summed E-state index contributed by atoms with van der Waals surface area (Å²) in [5.74, 6) is 0.502. The van der Waals surface area contributed by atoms with Crippen LogP contribution in [-0.4, -0.2) is 46.6 Å².